The fourth-order valence-corrected chi connectivity index (χ4v) is 7.67. The van der Waals surface area contributed by atoms with Crippen LogP contribution in [0.5, 0.6) is 0 Å². The lowest BCUT2D eigenvalue weighted by Crippen LogP contribution is -2.42. The molecule has 5 heteroatoms. The summed E-state index contributed by atoms with van der Waals surface area (Å²) in [7, 11) is 0. The number of alkyl halides is 2. The lowest BCUT2D eigenvalue weighted by molar-refractivity contribution is 0.0227. The predicted molar refractivity (Wildman–Crippen MR) is 125 cm³/mol. The Labute approximate surface area is 193 Å². The van der Waals surface area contributed by atoms with Crippen molar-refractivity contribution in [2.75, 3.05) is 19.6 Å². The van der Waals surface area contributed by atoms with E-state index < -0.39 is 24.6 Å². The number of allylic oxidation sites excluding steroid dienone is 3. The van der Waals surface area contributed by atoms with Crippen molar-refractivity contribution in [3.63, 3.8) is 0 Å². The quantitative estimate of drug-likeness (QED) is 0.574. The van der Waals surface area contributed by atoms with Crippen LogP contribution in [0.4, 0.5) is 8.78 Å². The monoisotopic (exact) mass is 451 g/mol. The number of likely N-dealkylation sites (tertiary alicyclic amines) is 1. The summed E-state index contributed by atoms with van der Waals surface area (Å²) in [5, 5.41) is 20.0. The Kier molecular flexibility index (Phi) is 7.78. The van der Waals surface area contributed by atoms with Crippen LogP contribution in [-0.2, 0) is 0 Å². The van der Waals surface area contributed by atoms with Crippen LogP contribution in [0, 0.1) is 29.1 Å². The maximum Gasteiger partial charge on any atom is 0.241 e. The van der Waals surface area contributed by atoms with Gasteiger partial charge in [-0.2, -0.15) is 0 Å². The number of halogens is 2. The van der Waals surface area contributed by atoms with Crippen molar-refractivity contribution in [1.82, 2.24) is 4.90 Å². The molecule has 2 N–H and O–H groups in total. The average Bonchev–Trinajstić information content (AvgIpc) is 3.09. The molecule has 3 aliphatic carbocycles. The fourth-order valence-electron chi connectivity index (χ4n) is 7.67. The van der Waals surface area contributed by atoms with Crippen LogP contribution in [0.1, 0.15) is 78.1 Å². The Morgan fingerprint density at radius 3 is 2.41 bits per heavy atom. The second-order valence-electron chi connectivity index (χ2n) is 11.6. The molecular formula is C27H43F2NO2. The van der Waals surface area contributed by atoms with Gasteiger partial charge >= 0.3 is 0 Å². The third kappa shape index (κ3) is 5.31. The summed E-state index contributed by atoms with van der Waals surface area (Å²) >= 11 is 0. The van der Waals surface area contributed by atoms with Crippen LogP contribution in [0.25, 0.3) is 0 Å². The second-order valence-corrected chi connectivity index (χ2v) is 11.6. The van der Waals surface area contributed by atoms with E-state index in [0.717, 1.165) is 26.1 Å². The smallest absolute Gasteiger partial charge is 0.241 e. The highest BCUT2D eigenvalue weighted by Crippen LogP contribution is 2.59. The Bertz CT molecular complexity index is 688. The minimum atomic E-state index is -2.16. The number of piperidine rings is 1. The Balaban J connectivity index is 1.39. The van der Waals surface area contributed by atoms with Crippen LogP contribution >= 0.6 is 0 Å². The highest BCUT2D eigenvalue weighted by atomic mass is 19.3. The third-order valence-corrected chi connectivity index (χ3v) is 9.33. The molecule has 0 bridgehead atoms. The Hall–Kier alpha value is -0.780. The maximum atomic E-state index is 13.0. The highest BCUT2D eigenvalue weighted by molar-refractivity contribution is 5.26. The van der Waals surface area contributed by atoms with Crippen molar-refractivity contribution in [2.45, 2.75) is 96.7 Å². The number of hydrogen-bond acceptors (Lipinski definition) is 3. The largest absolute Gasteiger partial charge is 0.393 e. The van der Waals surface area contributed by atoms with Crippen molar-refractivity contribution < 1.29 is 19.0 Å². The summed E-state index contributed by atoms with van der Waals surface area (Å²) in [5.41, 5.74) is 3.06. The van der Waals surface area contributed by atoms with E-state index in [9.17, 15) is 19.0 Å². The minimum Gasteiger partial charge on any atom is -0.393 e. The van der Waals surface area contributed by atoms with E-state index in [1.165, 1.54) is 31.3 Å². The molecule has 3 nitrogen and oxygen atoms in total. The number of nitrogens with zero attached hydrogens (tertiary/aromatic N) is 1. The molecule has 0 radical (unpaired) electrons. The molecule has 1 heterocycles. The Morgan fingerprint density at radius 2 is 1.75 bits per heavy atom. The van der Waals surface area contributed by atoms with E-state index >= 15 is 0 Å². The van der Waals surface area contributed by atoms with Crippen molar-refractivity contribution in [3.8, 4) is 0 Å². The first-order chi connectivity index (χ1) is 15.3. The van der Waals surface area contributed by atoms with Gasteiger partial charge in [0.15, 0.2) is 0 Å². The van der Waals surface area contributed by atoms with Gasteiger partial charge in [0.25, 0.3) is 0 Å². The van der Waals surface area contributed by atoms with Gasteiger partial charge in [0, 0.05) is 12.5 Å². The van der Waals surface area contributed by atoms with Gasteiger partial charge in [-0.1, -0.05) is 37.1 Å². The van der Waals surface area contributed by atoms with E-state index in [1.54, 1.807) is 5.57 Å². The molecule has 0 spiro atoms. The van der Waals surface area contributed by atoms with E-state index in [4.69, 9.17) is 0 Å². The van der Waals surface area contributed by atoms with Crippen molar-refractivity contribution >= 4 is 0 Å². The SMILES string of the molecule is CC(CN1CCC(C(F)F)CC1)[C@H]1CC[C@H]2C(=CC=C3C[C@@H](O)C[C@H](O)C3)CCC[C@]12C. The molecule has 3 saturated carbocycles. The molecule has 0 aromatic heterocycles. The summed E-state index contributed by atoms with van der Waals surface area (Å²) in [6, 6.07) is 0. The molecular weight excluding hydrogens is 408 g/mol. The van der Waals surface area contributed by atoms with Crippen molar-refractivity contribution in [2.24, 2.45) is 29.1 Å². The van der Waals surface area contributed by atoms with Crippen LogP contribution in [0.15, 0.2) is 23.3 Å². The molecule has 182 valence electrons. The van der Waals surface area contributed by atoms with Gasteiger partial charge in [-0.25, -0.2) is 8.78 Å². The molecule has 32 heavy (non-hydrogen) atoms. The van der Waals surface area contributed by atoms with Gasteiger partial charge in [-0.15, -0.1) is 0 Å². The number of aliphatic hydroxyl groups excluding tert-OH is 2. The number of fused-ring (bicyclic) bond motifs is 1. The maximum absolute atomic E-state index is 13.0. The molecule has 0 amide bonds. The zero-order chi connectivity index (χ0) is 22.9. The lowest BCUT2D eigenvalue weighted by atomic mass is 9.61. The van der Waals surface area contributed by atoms with Gasteiger partial charge in [-0.05, 0) is 100 Å². The molecule has 0 aromatic carbocycles. The molecule has 4 aliphatic rings. The average molecular weight is 452 g/mol. The minimum absolute atomic E-state index is 0.328. The van der Waals surface area contributed by atoms with E-state index in [0.29, 0.717) is 55.3 Å². The first-order valence-electron chi connectivity index (χ1n) is 13.0. The molecule has 1 unspecified atom stereocenters. The molecule has 1 aliphatic heterocycles. The normalized spacial score (nSPS) is 39.5. The van der Waals surface area contributed by atoms with E-state index in [1.807, 2.05) is 0 Å². The van der Waals surface area contributed by atoms with Crippen LogP contribution in [0.3, 0.4) is 0 Å². The van der Waals surface area contributed by atoms with Gasteiger partial charge in [0.05, 0.1) is 12.2 Å². The molecule has 4 rings (SSSR count). The number of rotatable bonds is 5. The summed E-state index contributed by atoms with van der Waals surface area (Å²) in [4.78, 5) is 2.43. The molecule has 6 atom stereocenters. The summed E-state index contributed by atoms with van der Waals surface area (Å²) < 4.78 is 26.0. The highest BCUT2D eigenvalue weighted by Gasteiger charge is 2.50. The molecule has 0 aromatic rings. The van der Waals surface area contributed by atoms with Crippen LogP contribution < -0.4 is 0 Å². The fraction of sp³-hybridized carbons (Fsp3) is 0.852. The van der Waals surface area contributed by atoms with Crippen LogP contribution in [0.2, 0.25) is 0 Å². The van der Waals surface area contributed by atoms with Gasteiger partial charge in [0.2, 0.25) is 6.43 Å². The Morgan fingerprint density at radius 1 is 1.06 bits per heavy atom. The van der Waals surface area contributed by atoms with Gasteiger partial charge in [0.1, 0.15) is 0 Å². The number of aliphatic hydroxyl groups is 2. The number of hydrogen-bond donors (Lipinski definition) is 2. The van der Waals surface area contributed by atoms with Gasteiger partial charge < -0.3 is 15.1 Å². The molecule has 4 fully saturated rings. The second kappa shape index (κ2) is 10.2. The zero-order valence-corrected chi connectivity index (χ0v) is 20.0. The van der Waals surface area contributed by atoms with Crippen molar-refractivity contribution in [3.05, 3.63) is 23.3 Å². The van der Waals surface area contributed by atoms with Crippen molar-refractivity contribution in [1.29, 1.82) is 0 Å². The van der Waals surface area contributed by atoms with E-state index in [2.05, 4.69) is 30.9 Å². The lowest BCUT2D eigenvalue weighted by Gasteiger charge is -2.45. The standard InChI is InChI=1S/C27H43F2NO2/c1-18(17-30-12-9-21(10-13-30)26(28)29)24-7-8-25-20(4-3-11-27(24,25)2)6-5-19-14-22(31)16-23(32)15-19/h5-6,18,21-26,31-32H,3-4,7-17H2,1-2H3/t18?,22-,23-,24-,25+,27-/m1/s1. The summed E-state index contributed by atoms with van der Waals surface area (Å²) in [5.74, 6) is 1.51. The summed E-state index contributed by atoms with van der Waals surface area (Å²) in [6.45, 7) is 7.58. The van der Waals surface area contributed by atoms with Crippen LogP contribution in [-0.4, -0.2) is 53.4 Å². The summed E-state index contributed by atoms with van der Waals surface area (Å²) in [6.07, 6.45) is 10.9. The third-order valence-electron chi connectivity index (χ3n) is 9.33. The first kappa shape index (κ1) is 24.3. The predicted octanol–water partition coefficient (Wildman–Crippen LogP) is 5.57. The van der Waals surface area contributed by atoms with E-state index in [-0.39, 0.29) is 0 Å². The molecule has 1 saturated heterocycles. The van der Waals surface area contributed by atoms with Gasteiger partial charge in [-0.3, -0.25) is 0 Å². The topological polar surface area (TPSA) is 43.7 Å². The first-order valence-corrected chi connectivity index (χ1v) is 13.0. The zero-order valence-electron chi connectivity index (χ0n) is 20.0.